The monoisotopic (exact) mass is 224 g/mol. The van der Waals surface area contributed by atoms with Gasteiger partial charge in [-0.05, 0) is 15.9 Å². The number of hydrogen-bond donors (Lipinski definition) is 1. The second-order valence-electron chi connectivity index (χ2n) is 1.70. The summed E-state index contributed by atoms with van der Waals surface area (Å²) in [4.78, 5) is 3.64. The molecule has 2 N–H and O–H groups in total. The molecule has 0 atom stereocenters. The maximum atomic E-state index is 10.9. The molecule has 10 heavy (non-hydrogen) atoms. The Morgan fingerprint density at radius 1 is 1.70 bits per heavy atom. The van der Waals surface area contributed by atoms with E-state index in [1.54, 1.807) is 0 Å². The van der Waals surface area contributed by atoms with Crippen LogP contribution in [0.5, 0.6) is 0 Å². The summed E-state index contributed by atoms with van der Waals surface area (Å²) in [6.45, 7) is -0.0477. The third kappa shape index (κ3) is 1.28. The quantitative estimate of drug-likeness (QED) is 0.636. The molecule has 0 spiro atoms. The van der Waals surface area contributed by atoms with E-state index in [-0.39, 0.29) is 11.6 Å². The third-order valence-electron chi connectivity index (χ3n) is 0.987. The van der Waals surface area contributed by atoms with Crippen molar-refractivity contribution in [1.29, 1.82) is 0 Å². The molecule has 4 nitrogen and oxygen atoms in total. The highest BCUT2D eigenvalue weighted by Gasteiger charge is 2.21. The number of rotatable bonds is 1. The molecule has 0 amide bonds. The highest BCUT2D eigenvalue weighted by molar-refractivity contribution is 9.11. The van der Waals surface area contributed by atoms with Crippen LogP contribution in [0.4, 0.5) is 0 Å². The summed E-state index contributed by atoms with van der Waals surface area (Å²) in [6.07, 6.45) is 0. The van der Waals surface area contributed by atoms with Crippen LogP contribution in [0.25, 0.3) is 0 Å². The van der Waals surface area contributed by atoms with Crippen molar-refractivity contribution in [1.82, 2.24) is 0 Å². The summed E-state index contributed by atoms with van der Waals surface area (Å²) in [6, 6.07) is 0. The minimum absolute atomic E-state index is 0.0133. The molecule has 1 rings (SSSR count). The average Bonchev–Trinajstić information content (AvgIpc) is 2.04. The summed E-state index contributed by atoms with van der Waals surface area (Å²) in [5, 5.41) is 1.05. The smallest absolute Gasteiger partial charge is 0.217 e. The molecule has 1 aliphatic rings. The van der Waals surface area contributed by atoms with E-state index >= 15 is 0 Å². The molecular formula is C4H5BrN2O2S. The van der Waals surface area contributed by atoms with Gasteiger partial charge in [-0.2, -0.15) is 0 Å². The van der Waals surface area contributed by atoms with Crippen LogP contribution in [0.3, 0.4) is 0 Å². The Morgan fingerprint density at radius 2 is 2.30 bits per heavy atom. The maximum Gasteiger partial charge on any atom is 0.217 e. The van der Waals surface area contributed by atoms with E-state index in [2.05, 4.69) is 20.9 Å². The van der Waals surface area contributed by atoms with Gasteiger partial charge in [0, 0.05) is 6.54 Å². The van der Waals surface area contributed by atoms with Crippen molar-refractivity contribution in [3.8, 4) is 0 Å². The Balaban J connectivity index is 3.15. The van der Waals surface area contributed by atoms with Gasteiger partial charge in [-0.25, -0.2) is 13.4 Å². The molecule has 0 aliphatic carbocycles. The first-order chi connectivity index (χ1) is 4.56. The van der Waals surface area contributed by atoms with Crippen LogP contribution in [-0.2, 0) is 9.84 Å². The zero-order valence-corrected chi connectivity index (χ0v) is 7.31. The van der Waals surface area contributed by atoms with Gasteiger partial charge in [0.25, 0.3) is 0 Å². The molecule has 6 heteroatoms. The van der Waals surface area contributed by atoms with Crippen molar-refractivity contribution in [2.24, 2.45) is 10.7 Å². The summed E-state index contributed by atoms with van der Waals surface area (Å²) >= 11 is 2.93. The van der Waals surface area contributed by atoms with Gasteiger partial charge in [-0.1, -0.05) is 0 Å². The van der Waals surface area contributed by atoms with Crippen LogP contribution < -0.4 is 5.73 Å². The van der Waals surface area contributed by atoms with Gasteiger partial charge in [0.2, 0.25) is 9.84 Å². The Kier molecular flexibility index (Phi) is 1.93. The zero-order chi connectivity index (χ0) is 7.78. The highest BCUT2D eigenvalue weighted by Crippen LogP contribution is 2.18. The molecule has 0 unspecified atom stereocenters. The molecule has 0 saturated carbocycles. The molecule has 0 saturated heterocycles. The number of aliphatic imine (C=N–C) groups is 1. The predicted octanol–water partition coefficient (Wildman–Crippen LogP) is -0.0342. The van der Waals surface area contributed by atoms with E-state index in [1.165, 1.54) is 0 Å². The van der Waals surface area contributed by atoms with Crippen molar-refractivity contribution in [3.05, 3.63) is 10.0 Å². The predicted molar refractivity (Wildman–Crippen MR) is 42.4 cm³/mol. The molecule has 0 fully saturated rings. The lowest BCUT2D eigenvalue weighted by Crippen LogP contribution is -2.19. The Labute approximate surface area is 66.9 Å². The van der Waals surface area contributed by atoms with Crippen molar-refractivity contribution in [3.63, 3.8) is 0 Å². The van der Waals surface area contributed by atoms with E-state index in [0.29, 0.717) is 4.61 Å². The second kappa shape index (κ2) is 2.44. The lowest BCUT2D eigenvalue weighted by Gasteiger charge is -1.90. The van der Waals surface area contributed by atoms with Gasteiger partial charge in [0.15, 0.2) is 5.04 Å². The fourth-order valence-corrected chi connectivity index (χ4v) is 2.54. The molecule has 0 aromatic carbocycles. The first-order valence-electron chi connectivity index (χ1n) is 2.46. The molecule has 56 valence electrons. The van der Waals surface area contributed by atoms with E-state index in [0.717, 1.165) is 5.41 Å². The normalized spacial score (nSPS) is 22.2. The molecule has 0 bridgehead atoms. The SMILES string of the molecule is NCC1=NC(Br)=CS1(=O)=O. The lowest BCUT2D eigenvalue weighted by atomic mass is 10.7. The average molecular weight is 225 g/mol. The number of nitrogens with two attached hydrogens (primary N) is 1. The number of hydrogen-bond acceptors (Lipinski definition) is 4. The summed E-state index contributed by atoms with van der Waals surface area (Å²) in [7, 11) is -3.27. The summed E-state index contributed by atoms with van der Waals surface area (Å²) in [5.74, 6) is 0. The fraction of sp³-hybridized carbons (Fsp3) is 0.250. The van der Waals surface area contributed by atoms with E-state index in [4.69, 9.17) is 5.73 Å². The maximum absolute atomic E-state index is 10.9. The minimum atomic E-state index is -3.27. The number of sulfone groups is 1. The van der Waals surface area contributed by atoms with Crippen LogP contribution in [0.2, 0.25) is 0 Å². The molecule has 0 aromatic heterocycles. The lowest BCUT2D eigenvalue weighted by molar-refractivity contribution is 0.615. The first-order valence-corrected chi connectivity index (χ1v) is 4.80. The third-order valence-corrected chi connectivity index (χ3v) is 3.14. The molecular weight excluding hydrogens is 220 g/mol. The van der Waals surface area contributed by atoms with Gasteiger partial charge in [0.1, 0.15) is 4.61 Å². The van der Waals surface area contributed by atoms with Crippen LogP contribution in [0.1, 0.15) is 0 Å². The van der Waals surface area contributed by atoms with Crippen molar-refractivity contribution in [2.75, 3.05) is 6.54 Å². The summed E-state index contributed by atoms with van der Waals surface area (Å²) in [5.41, 5.74) is 5.11. The first kappa shape index (κ1) is 7.90. The highest BCUT2D eigenvalue weighted by atomic mass is 79.9. The van der Waals surface area contributed by atoms with Gasteiger partial charge < -0.3 is 5.73 Å². The van der Waals surface area contributed by atoms with Gasteiger partial charge in [0.05, 0.1) is 5.41 Å². The van der Waals surface area contributed by atoms with Crippen molar-refractivity contribution >= 4 is 30.8 Å². The van der Waals surface area contributed by atoms with Gasteiger partial charge >= 0.3 is 0 Å². The van der Waals surface area contributed by atoms with E-state index in [1.807, 2.05) is 0 Å². The Hall–Kier alpha value is -0.200. The Bertz CT molecular complexity index is 303. The summed E-state index contributed by atoms with van der Waals surface area (Å²) < 4.78 is 22.1. The molecule has 0 radical (unpaired) electrons. The Morgan fingerprint density at radius 3 is 2.50 bits per heavy atom. The fourth-order valence-electron chi connectivity index (χ4n) is 0.567. The van der Waals surface area contributed by atoms with Gasteiger partial charge in [-0.15, -0.1) is 0 Å². The van der Waals surface area contributed by atoms with Crippen LogP contribution in [0.15, 0.2) is 15.0 Å². The second-order valence-corrected chi connectivity index (χ2v) is 4.30. The molecule has 1 heterocycles. The topological polar surface area (TPSA) is 72.5 Å². The standard InChI is InChI=1S/C4H5BrN2O2S/c5-3-2-10(8,9)4(1-6)7-3/h2H,1,6H2. The van der Waals surface area contributed by atoms with Crippen LogP contribution in [-0.4, -0.2) is 20.0 Å². The van der Waals surface area contributed by atoms with Crippen LogP contribution >= 0.6 is 15.9 Å². The van der Waals surface area contributed by atoms with E-state index in [9.17, 15) is 8.42 Å². The number of nitrogens with zero attached hydrogens (tertiary/aromatic N) is 1. The minimum Gasteiger partial charge on any atom is -0.325 e. The van der Waals surface area contributed by atoms with Crippen molar-refractivity contribution in [2.45, 2.75) is 0 Å². The number of halogens is 1. The molecule has 1 aliphatic heterocycles. The van der Waals surface area contributed by atoms with Crippen LogP contribution in [0, 0.1) is 0 Å². The molecule has 0 aromatic rings. The zero-order valence-electron chi connectivity index (χ0n) is 4.91. The van der Waals surface area contributed by atoms with E-state index < -0.39 is 9.84 Å². The largest absolute Gasteiger partial charge is 0.325 e. The van der Waals surface area contributed by atoms with Gasteiger partial charge in [-0.3, -0.25) is 0 Å². The van der Waals surface area contributed by atoms with Crippen molar-refractivity contribution < 1.29 is 8.42 Å².